The van der Waals surface area contributed by atoms with Gasteiger partial charge in [-0.2, -0.15) is 0 Å². The highest BCUT2D eigenvalue weighted by Gasteiger charge is 2.40. The highest BCUT2D eigenvalue weighted by molar-refractivity contribution is 6.11. The molecule has 0 amide bonds. The standard InChI is InChI=1S/C54H40/c1-53(2)47-29-27-44-43(28-30-48-52(44)46-26-24-38(32-50(46)54(48,3)4)42-18-10-14-35-12-6-8-16-40(35)42)51(47)45-25-23-37(31-49(45)53)33-19-21-36(22-20-33)41-17-9-13-34-11-5-7-15-39(34)41/h5-32H,1-4H3. The van der Waals surface area contributed by atoms with Crippen molar-refractivity contribution in [1.82, 2.24) is 0 Å². The van der Waals surface area contributed by atoms with Crippen LogP contribution in [-0.2, 0) is 10.8 Å². The van der Waals surface area contributed by atoms with Crippen molar-refractivity contribution in [2.45, 2.75) is 38.5 Å². The van der Waals surface area contributed by atoms with Crippen LogP contribution < -0.4 is 0 Å². The second-order valence-electron chi connectivity index (χ2n) is 16.5. The molecule has 0 bridgehead atoms. The Balaban J connectivity index is 1.01. The first kappa shape index (κ1) is 31.3. The van der Waals surface area contributed by atoms with E-state index >= 15 is 0 Å². The molecule has 0 saturated heterocycles. The summed E-state index contributed by atoms with van der Waals surface area (Å²) in [5.41, 5.74) is 18.6. The van der Waals surface area contributed by atoms with Gasteiger partial charge < -0.3 is 0 Å². The third kappa shape index (κ3) is 4.32. The van der Waals surface area contributed by atoms with E-state index in [1.807, 2.05) is 0 Å². The minimum absolute atomic E-state index is 0.103. The molecule has 11 rings (SSSR count). The van der Waals surface area contributed by atoms with Gasteiger partial charge in [-0.1, -0.05) is 185 Å². The van der Waals surface area contributed by atoms with Gasteiger partial charge >= 0.3 is 0 Å². The lowest BCUT2D eigenvalue weighted by molar-refractivity contribution is 0.660. The van der Waals surface area contributed by atoms with Gasteiger partial charge in [0, 0.05) is 10.8 Å². The highest BCUT2D eigenvalue weighted by Crippen LogP contribution is 2.57. The molecule has 0 spiro atoms. The molecular weight excluding hydrogens is 649 g/mol. The van der Waals surface area contributed by atoms with Gasteiger partial charge in [-0.15, -0.1) is 0 Å². The quantitative estimate of drug-likeness (QED) is 0.173. The number of hydrogen-bond donors (Lipinski definition) is 0. The van der Waals surface area contributed by atoms with Gasteiger partial charge in [0.2, 0.25) is 0 Å². The first-order chi connectivity index (χ1) is 26.3. The van der Waals surface area contributed by atoms with Gasteiger partial charge in [0.15, 0.2) is 0 Å². The van der Waals surface area contributed by atoms with Crippen molar-refractivity contribution in [1.29, 1.82) is 0 Å². The lowest BCUT2D eigenvalue weighted by atomic mass is 9.80. The monoisotopic (exact) mass is 688 g/mol. The van der Waals surface area contributed by atoms with E-state index in [0.29, 0.717) is 0 Å². The van der Waals surface area contributed by atoms with Crippen molar-refractivity contribution in [3.05, 3.63) is 192 Å². The second-order valence-corrected chi connectivity index (χ2v) is 16.5. The molecule has 0 heteroatoms. The van der Waals surface area contributed by atoms with E-state index in [-0.39, 0.29) is 10.8 Å². The van der Waals surface area contributed by atoms with Crippen molar-refractivity contribution in [3.63, 3.8) is 0 Å². The Bertz CT molecular complexity index is 3010. The average Bonchev–Trinajstić information content (AvgIpc) is 3.59. The molecule has 54 heavy (non-hydrogen) atoms. The van der Waals surface area contributed by atoms with E-state index in [4.69, 9.17) is 0 Å². The molecule has 2 aliphatic rings. The molecule has 0 aliphatic heterocycles. The molecule has 0 fully saturated rings. The summed E-state index contributed by atoms with van der Waals surface area (Å²) in [6.07, 6.45) is 0. The maximum Gasteiger partial charge on any atom is 0.0159 e. The maximum atomic E-state index is 2.46. The van der Waals surface area contributed by atoms with Crippen molar-refractivity contribution >= 4 is 32.3 Å². The average molecular weight is 689 g/mol. The summed E-state index contributed by atoms with van der Waals surface area (Å²) in [6.45, 7) is 9.60. The van der Waals surface area contributed by atoms with Crippen LogP contribution in [0.4, 0.5) is 0 Å². The minimum Gasteiger partial charge on any atom is -0.0616 e. The van der Waals surface area contributed by atoms with Gasteiger partial charge in [0.1, 0.15) is 0 Å². The zero-order valence-corrected chi connectivity index (χ0v) is 31.2. The molecule has 0 radical (unpaired) electrons. The van der Waals surface area contributed by atoms with Crippen LogP contribution in [0.25, 0.3) is 88.0 Å². The smallest absolute Gasteiger partial charge is 0.0159 e. The summed E-state index contributed by atoms with van der Waals surface area (Å²) in [6, 6.07) is 63.8. The van der Waals surface area contributed by atoms with Crippen LogP contribution in [-0.4, -0.2) is 0 Å². The SMILES string of the molecule is CC1(C)c2cc(-c3ccc(-c4cccc5ccccc45)cc3)ccc2-c2c1ccc1c3c(ccc21)C(C)(C)c1cc(-c2cccc4ccccc24)ccc1-3. The van der Waals surface area contributed by atoms with Crippen LogP contribution in [0.5, 0.6) is 0 Å². The first-order valence-corrected chi connectivity index (χ1v) is 19.3. The molecule has 0 saturated carbocycles. The zero-order valence-electron chi connectivity index (χ0n) is 31.2. The third-order valence-electron chi connectivity index (χ3n) is 12.9. The van der Waals surface area contributed by atoms with Crippen LogP contribution >= 0.6 is 0 Å². The molecule has 0 N–H and O–H groups in total. The van der Waals surface area contributed by atoms with Gasteiger partial charge in [-0.3, -0.25) is 0 Å². The van der Waals surface area contributed by atoms with E-state index in [2.05, 4.69) is 198 Å². The highest BCUT2D eigenvalue weighted by atomic mass is 14.4. The van der Waals surface area contributed by atoms with Crippen molar-refractivity contribution < 1.29 is 0 Å². The van der Waals surface area contributed by atoms with E-state index < -0.39 is 0 Å². The Morgan fingerprint density at radius 2 is 0.704 bits per heavy atom. The Kier molecular flexibility index (Phi) is 6.46. The van der Waals surface area contributed by atoms with Gasteiger partial charge in [0.05, 0.1) is 0 Å². The van der Waals surface area contributed by atoms with E-state index in [1.165, 1.54) is 110 Å². The summed E-state index contributed by atoms with van der Waals surface area (Å²) in [5.74, 6) is 0. The lowest BCUT2D eigenvalue weighted by Crippen LogP contribution is -2.15. The molecule has 0 atom stereocenters. The Morgan fingerprint density at radius 3 is 1.26 bits per heavy atom. The van der Waals surface area contributed by atoms with Gasteiger partial charge in [-0.25, -0.2) is 0 Å². The summed E-state index contributed by atoms with van der Waals surface area (Å²) in [4.78, 5) is 0. The second kappa shape index (κ2) is 11.1. The number of benzene rings is 9. The number of hydrogen-bond acceptors (Lipinski definition) is 0. The van der Waals surface area contributed by atoms with Crippen molar-refractivity contribution in [3.8, 4) is 55.6 Å². The number of fused-ring (bicyclic) bond motifs is 11. The van der Waals surface area contributed by atoms with Crippen LogP contribution in [0.2, 0.25) is 0 Å². The maximum absolute atomic E-state index is 2.46. The third-order valence-corrected chi connectivity index (χ3v) is 12.9. The summed E-state index contributed by atoms with van der Waals surface area (Å²) in [5, 5.41) is 7.86. The predicted molar refractivity (Wildman–Crippen MR) is 230 cm³/mol. The molecule has 0 unspecified atom stereocenters. The summed E-state index contributed by atoms with van der Waals surface area (Å²) in [7, 11) is 0. The van der Waals surface area contributed by atoms with E-state index in [1.54, 1.807) is 0 Å². The van der Waals surface area contributed by atoms with Crippen molar-refractivity contribution in [2.24, 2.45) is 0 Å². The molecule has 0 nitrogen and oxygen atoms in total. The molecule has 0 heterocycles. The van der Waals surface area contributed by atoms with Crippen LogP contribution in [0.1, 0.15) is 49.9 Å². The number of rotatable bonds is 3. The fraction of sp³-hybridized carbons (Fsp3) is 0.111. The Hall–Kier alpha value is -6.24. The fourth-order valence-electron chi connectivity index (χ4n) is 10.0. The van der Waals surface area contributed by atoms with Gasteiger partial charge in [0.25, 0.3) is 0 Å². The normalized spacial score (nSPS) is 14.6. The lowest BCUT2D eigenvalue weighted by Gasteiger charge is -2.23. The first-order valence-electron chi connectivity index (χ1n) is 19.3. The molecule has 9 aromatic rings. The largest absolute Gasteiger partial charge is 0.0616 e. The molecule has 9 aromatic carbocycles. The molecule has 2 aliphatic carbocycles. The van der Waals surface area contributed by atoms with Crippen LogP contribution in [0, 0.1) is 0 Å². The van der Waals surface area contributed by atoms with Gasteiger partial charge in [-0.05, 0) is 122 Å². The van der Waals surface area contributed by atoms with E-state index in [0.717, 1.165) is 0 Å². The van der Waals surface area contributed by atoms with Crippen LogP contribution in [0.3, 0.4) is 0 Å². The zero-order chi connectivity index (χ0) is 36.3. The fourth-order valence-corrected chi connectivity index (χ4v) is 10.0. The molecule has 256 valence electrons. The summed E-state index contributed by atoms with van der Waals surface area (Å²) < 4.78 is 0. The molecule has 0 aromatic heterocycles. The predicted octanol–water partition coefficient (Wildman–Crippen LogP) is 14.8. The molecular formula is C54H40. The Labute approximate surface area is 317 Å². The minimum atomic E-state index is -0.110. The van der Waals surface area contributed by atoms with E-state index in [9.17, 15) is 0 Å². The van der Waals surface area contributed by atoms with Crippen molar-refractivity contribution in [2.75, 3.05) is 0 Å². The Morgan fingerprint density at radius 1 is 0.278 bits per heavy atom. The topological polar surface area (TPSA) is 0 Å². The van der Waals surface area contributed by atoms with Crippen LogP contribution in [0.15, 0.2) is 170 Å². The summed E-state index contributed by atoms with van der Waals surface area (Å²) >= 11 is 0.